The number of aryl methyl sites for hydroxylation is 1. The summed E-state index contributed by atoms with van der Waals surface area (Å²) in [6, 6.07) is 14.8. The third-order valence-corrected chi connectivity index (χ3v) is 3.45. The van der Waals surface area contributed by atoms with E-state index in [1.54, 1.807) is 12.3 Å². The number of hydrogen-bond donors (Lipinski definition) is 2. The molecular weight excluding hydrogens is 292 g/mol. The van der Waals surface area contributed by atoms with E-state index < -0.39 is 5.97 Å². The van der Waals surface area contributed by atoms with E-state index in [1.165, 1.54) is 0 Å². The number of H-pyrrole nitrogens is 1. The van der Waals surface area contributed by atoms with Gasteiger partial charge in [-0.3, -0.25) is 4.79 Å². The van der Waals surface area contributed by atoms with Crippen LogP contribution in [-0.4, -0.2) is 23.5 Å². The van der Waals surface area contributed by atoms with Gasteiger partial charge in [0.05, 0.1) is 5.56 Å². The van der Waals surface area contributed by atoms with Gasteiger partial charge in [0, 0.05) is 22.8 Å². The van der Waals surface area contributed by atoms with Crippen molar-refractivity contribution in [2.24, 2.45) is 0 Å². The van der Waals surface area contributed by atoms with Crippen molar-refractivity contribution >= 4 is 28.5 Å². The Hall–Kier alpha value is -3.08. The van der Waals surface area contributed by atoms with Gasteiger partial charge in [0.2, 0.25) is 0 Å². The monoisotopic (exact) mass is 308 g/mol. The maximum absolute atomic E-state index is 12.1. The maximum atomic E-state index is 12.1. The van der Waals surface area contributed by atoms with Gasteiger partial charge in [-0.1, -0.05) is 30.3 Å². The number of carbonyl (C=O) groups is 2. The molecule has 0 radical (unpaired) electrons. The first kappa shape index (κ1) is 14.8. The fourth-order valence-electron chi connectivity index (χ4n) is 2.37. The zero-order valence-corrected chi connectivity index (χ0v) is 12.6. The molecule has 2 aromatic carbocycles. The van der Waals surface area contributed by atoms with E-state index in [9.17, 15) is 9.59 Å². The van der Waals surface area contributed by atoms with Gasteiger partial charge in [-0.2, -0.15) is 0 Å². The lowest BCUT2D eigenvalue weighted by Gasteiger charge is -2.07. The summed E-state index contributed by atoms with van der Waals surface area (Å²) in [4.78, 5) is 27.0. The van der Waals surface area contributed by atoms with Gasteiger partial charge in [-0.25, -0.2) is 4.79 Å². The second-order valence-electron chi connectivity index (χ2n) is 5.24. The van der Waals surface area contributed by atoms with E-state index >= 15 is 0 Å². The van der Waals surface area contributed by atoms with Crippen LogP contribution in [0, 0.1) is 6.92 Å². The van der Waals surface area contributed by atoms with E-state index in [-0.39, 0.29) is 12.5 Å². The van der Waals surface area contributed by atoms with Crippen molar-refractivity contribution in [2.45, 2.75) is 6.92 Å². The highest BCUT2D eigenvalue weighted by atomic mass is 16.5. The molecular formula is C18H16N2O3. The molecule has 0 atom stereocenters. The molecule has 1 aromatic heterocycles. The smallest absolute Gasteiger partial charge is 0.340 e. The second-order valence-corrected chi connectivity index (χ2v) is 5.24. The Kier molecular flexibility index (Phi) is 4.10. The van der Waals surface area contributed by atoms with Crippen LogP contribution in [0.1, 0.15) is 15.9 Å². The molecule has 3 aromatic rings. The molecule has 1 heterocycles. The summed E-state index contributed by atoms with van der Waals surface area (Å²) < 4.78 is 5.09. The van der Waals surface area contributed by atoms with Gasteiger partial charge in [0.15, 0.2) is 6.61 Å². The number of carbonyl (C=O) groups excluding carboxylic acids is 2. The molecule has 23 heavy (non-hydrogen) atoms. The number of esters is 1. The number of para-hydroxylation sites is 1. The molecule has 0 aliphatic rings. The first-order chi connectivity index (χ1) is 11.1. The van der Waals surface area contributed by atoms with E-state index in [1.807, 2.05) is 49.4 Å². The normalized spacial score (nSPS) is 10.5. The quantitative estimate of drug-likeness (QED) is 0.727. The fraction of sp³-hybridized carbons (Fsp3) is 0.111. The van der Waals surface area contributed by atoms with Crippen LogP contribution in [0.3, 0.4) is 0 Å². The summed E-state index contributed by atoms with van der Waals surface area (Å²) in [5, 5.41) is 3.47. The Bertz CT molecular complexity index is 867. The van der Waals surface area contributed by atoms with Crippen molar-refractivity contribution in [2.75, 3.05) is 11.9 Å². The molecule has 0 fully saturated rings. The van der Waals surface area contributed by atoms with Crippen molar-refractivity contribution in [1.29, 1.82) is 0 Å². The number of hydrogen-bond acceptors (Lipinski definition) is 3. The molecule has 0 saturated carbocycles. The molecule has 0 aliphatic carbocycles. The van der Waals surface area contributed by atoms with Crippen molar-refractivity contribution in [3.05, 3.63) is 65.9 Å². The zero-order chi connectivity index (χ0) is 16.2. The molecule has 0 aliphatic heterocycles. The van der Waals surface area contributed by atoms with E-state index in [0.717, 1.165) is 16.5 Å². The predicted octanol–water partition coefficient (Wildman–Crippen LogP) is 3.27. The van der Waals surface area contributed by atoms with Gasteiger partial charge in [-0.15, -0.1) is 0 Å². The van der Waals surface area contributed by atoms with Crippen LogP contribution >= 0.6 is 0 Å². The Balaban J connectivity index is 1.61. The molecule has 3 rings (SSSR count). The Morgan fingerprint density at radius 2 is 1.96 bits per heavy atom. The largest absolute Gasteiger partial charge is 0.452 e. The van der Waals surface area contributed by atoms with Crippen LogP contribution in [0.15, 0.2) is 54.7 Å². The minimum Gasteiger partial charge on any atom is -0.452 e. The number of aromatic nitrogens is 1. The van der Waals surface area contributed by atoms with Crippen LogP contribution in [0.5, 0.6) is 0 Å². The SMILES string of the molecule is Cc1cccc(NC(=O)COC(=O)c2c[nH]c3ccccc23)c1. The standard InChI is InChI=1S/C18H16N2O3/c1-12-5-4-6-13(9-12)20-17(21)11-23-18(22)15-10-19-16-8-3-2-7-14(15)16/h2-10,19H,11H2,1H3,(H,20,21). The fourth-order valence-corrected chi connectivity index (χ4v) is 2.37. The average molecular weight is 308 g/mol. The van der Waals surface area contributed by atoms with Crippen LogP contribution < -0.4 is 5.32 Å². The Labute approximate surface area is 133 Å². The molecule has 0 bridgehead atoms. The molecule has 0 unspecified atom stereocenters. The molecule has 5 heteroatoms. The summed E-state index contributed by atoms with van der Waals surface area (Å²) in [6.07, 6.45) is 1.59. The highest BCUT2D eigenvalue weighted by Gasteiger charge is 2.14. The summed E-state index contributed by atoms with van der Waals surface area (Å²) in [7, 11) is 0. The topological polar surface area (TPSA) is 71.2 Å². The summed E-state index contributed by atoms with van der Waals surface area (Å²) >= 11 is 0. The van der Waals surface area contributed by atoms with Crippen LogP contribution in [0.2, 0.25) is 0 Å². The highest BCUT2D eigenvalue weighted by Crippen LogP contribution is 2.18. The van der Waals surface area contributed by atoms with Gasteiger partial charge >= 0.3 is 5.97 Å². The predicted molar refractivity (Wildman–Crippen MR) is 88.4 cm³/mol. The Morgan fingerprint density at radius 1 is 1.13 bits per heavy atom. The Morgan fingerprint density at radius 3 is 2.78 bits per heavy atom. The van der Waals surface area contributed by atoms with E-state index in [4.69, 9.17) is 4.74 Å². The van der Waals surface area contributed by atoms with Gasteiger partial charge in [0.1, 0.15) is 0 Å². The number of rotatable bonds is 4. The lowest BCUT2D eigenvalue weighted by atomic mass is 10.2. The first-order valence-electron chi connectivity index (χ1n) is 7.23. The van der Waals surface area contributed by atoms with Crippen molar-refractivity contribution in [3.63, 3.8) is 0 Å². The highest BCUT2D eigenvalue weighted by molar-refractivity contribution is 6.05. The third-order valence-electron chi connectivity index (χ3n) is 3.45. The number of ether oxygens (including phenoxy) is 1. The lowest BCUT2D eigenvalue weighted by molar-refractivity contribution is -0.119. The molecule has 0 spiro atoms. The van der Waals surface area contributed by atoms with Crippen LogP contribution in [0.4, 0.5) is 5.69 Å². The minimum atomic E-state index is -0.526. The minimum absolute atomic E-state index is 0.327. The number of fused-ring (bicyclic) bond motifs is 1. The number of amides is 1. The van der Waals surface area contributed by atoms with Gasteiger partial charge in [-0.05, 0) is 30.7 Å². The van der Waals surface area contributed by atoms with Crippen molar-refractivity contribution in [3.8, 4) is 0 Å². The lowest BCUT2D eigenvalue weighted by Crippen LogP contribution is -2.20. The molecule has 2 N–H and O–H groups in total. The molecule has 1 amide bonds. The number of anilines is 1. The summed E-state index contributed by atoms with van der Waals surface area (Å²) in [5.74, 6) is -0.898. The molecule has 116 valence electrons. The second kappa shape index (κ2) is 6.36. The molecule has 0 saturated heterocycles. The maximum Gasteiger partial charge on any atom is 0.340 e. The van der Waals surface area contributed by atoms with Crippen LogP contribution in [0.25, 0.3) is 10.9 Å². The van der Waals surface area contributed by atoms with Crippen molar-refractivity contribution < 1.29 is 14.3 Å². The first-order valence-corrected chi connectivity index (χ1v) is 7.23. The average Bonchev–Trinajstić information content (AvgIpc) is 2.97. The van der Waals surface area contributed by atoms with Gasteiger partial charge < -0.3 is 15.0 Å². The summed E-state index contributed by atoms with van der Waals surface area (Å²) in [5.41, 5.74) is 2.99. The number of aromatic amines is 1. The van der Waals surface area contributed by atoms with E-state index in [2.05, 4.69) is 10.3 Å². The summed E-state index contributed by atoms with van der Waals surface area (Å²) in [6.45, 7) is 1.61. The van der Waals surface area contributed by atoms with Gasteiger partial charge in [0.25, 0.3) is 5.91 Å². The third kappa shape index (κ3) is 3.40. The number of benzene rings is 2. The van der Waals surface area contributed by atoms with E-state index in [0.29, 0.717) is 11.3 Å². The molecule has 5 nitrogen and oxygen atoms in total. The van der Waals surface area contributed by atoms with Crippen molar-refractivity contribution in [1.82, 2.24) is 4.98 Å². The zero-order valence-electron chi connectivity index (χ0n) is 12.6. The number of nitrogens with one attached hydrogen (secondary N) is 2. The van der Waals surface area contributed by atoms with Crippen LogP contribution in [-0.2, 0) is 9.53 Å².